The molecule has 0 saturated carbocycles. The fourth-order valence-corrected chi connectivity index (χ4v) is 3.76. The zero-order valence-corrected chi connectivity index (χ0v) is 15.2. The molecule has 0 aromatic heterocycles. The van der Waals surface area contributed by atoms with Gasteiger partial charge in [-0.2, -0.15) is 0 Å². The first-order valence-corrected chi connectivity index (χ1v) is 9.56. The van der Waals surface area contributed by atoms with Crippen LogP contribution in [0.1, 0.15) is 23.2 Å². The molecule has 27 heavy (non-hydrogen) atoms. The summed E-state index contributed by atoms with van der Waals surface area (Å²) in [6, 6.07) is 6.69. The van der Waals surface area contributed by atoms with Crippen molar-refractivity contribution >= 4 is 11.8 Å². The third-order valence-corrected chi connectivity index (χ3v) is 5.22. The molecule has 7 nitrogen and oxygen atoms in total. The second-order valence-corrected chi connectivity index (χ2v) is 7.06. The second kappa shape index (κ2) is 8.10. The standard InChI is InChI=1S/C20H25N3O4/c24-19-17-13-21-9-10-23(17)20(25)16-6-1-2-7-18(16)26-11-8-14-4-3-5-15(27-14)12-22-19/h1-3,5-7,14-15,17,21H,4,8-13H2,(H,22,24)/t14-,15-,17-/m0/s1. The van der Waals surface area contributed by atoms with Crippen LogP contribution in [0.2, 0.25) is 0 Å². The van der Waals surface area contributed by atoms with Gasteiger partial charge in [-0.1, -0.05) is 24.3 Å². The number of rotatable bonds is 0. The van der Waals surface area contributed by atoms with Gasteiger partial charge in [-0.05, 0) is 18.6 Å². The van der Waals surface area contributed by atoms with E-state index < -0.39 is 6.04 Å². The predicted octanol–water partition coefficient (Wildman–Crippen LogP) is 0.713. The Morgan fingerprint density at radius 2 is 2.04 bits per heavy atom. The van der Waals surface area contributed by atoms with Gasteiger partial charge in [0, 0.05) is 32.6 Å². The van der Waals surface area contributed by atoms with Crippen molar-refractivity contribution in [1.82, 2.24) is 15.5 Å². The van der Waals surface area contributed by atoms with Crippen molar-refractivity contribution in [3.05, 3.63) is 42.0 Å². The van der Waals surface area contributed by atoms with Gasteiger partial charge < -0.3 is 25.0 Å². The van der Waals surface area contributed by atoms with Crippen molar-refractivity contribution in [2.24, 2.45) is 0 Å². The highest BCUT2D eigenvalue weighted by Gasteiger charge is 2.34. The number of nitrogens with zero attached hydrogens (tertiary/aromatic N) is 1. The minimum Gasteiger partial charge on any atom is -0.493 e. The first kappa shape index (κ1) is 18.0. The zero-order valence-electron chi connectivity index (χ0n) is 15.2. The lowest BCUT2D eigenvalue weighted by Gasteiger charge is -2.36. The molecule has 1 aromatic carbocycles. The van der Waals surface area contributed by atoms with Gasteiger partial charge in [-0.25, -0.2) is 0 Å². The van der Waals surface area contributed by atoms with E-state index in [0.717, 1.165) is 12.8 Å². The molecule has 1 saturated heterocycles. The lowest BCUT2D eigenvalue weighted by atomic mass is 10.1. The van der Waals surface area contributed by atoms with Gasteiger partial charge in [0.2, 0.25) is 5.91 Å². The fourth-order valence-electron chi connectivity index (χ4n) is 3.76. The monoisotopic (exact) mass is 371 g/mol. The minimum absolute atomic E-state index is 0.0514. The lowest BCUT2D eigenvalue weighted by molar-refractivity contribution is -0.127. The Labute approximate surface area is 158 Å². The van der Waals surface area contributed by atoms with Crippen LogP contribution in [0.25, 0.3) is 0 Å². The number of nitrogens with one attached hydrogen (secondary N) is 2. The van der Waals surface area contributed by atoms with Gasteiger partial charge in [0.25, 0.3) is 5.91 Å². The highest BCUT2D eigenvalue weighted by molar-refractivity contribution is 6.00. The number of amides is 2. The lowest BCUT2D eigenvalue weighted by Crippen LogP contribution is -2.60. The van der Waals surface area contributed by atoms with E-state index in [1.54, 1.807) is 17.0 Å². The Morgan fingerprint density at radius 1 is 1.15 bits per heavy atom. The van der Waals surface area contributed by atoms with E-state index in [0.29, 0.717) is 44.1 Å². The topological polar surface area (TPSA) is 79.9 Å². The molecule has 2 amide bonds. The number of hydrogen-bond donors (Lipinski definition) is 2. The van der Waals surface area contributed by atoms with E-state index in [1.807, 2.05) is 18.2 Å². The molecule has 3 aliphatic rings. The van der Waals surface area contributed by atoms with E-state index in [9.17, 15) is 9.59 Å². The highest BCUT2D eigenvalue weighted by Crippen LogP contribution is 2.23. The Bertz CT molecular complexity index is 736. The van der Waals surface area contributed by atoms with Crippen LogP contribution in [0.3, 0.4) is 0 Å². The van der Waals surface area contributed by atoms with Gasteiger partial charge in [0.1, 0.15) is 11.8 Å². The summed E-state index contributed by atoms with van der Waals surface area (Å²) in [5, 5.41) is 6.16. The van der Waals surface area contributed by atoms with Gasteiger partial charge in [-0.3, -0.25) is 9.59 Å². The molecule has 144 valence electrons. The molecule has 0 radical (unpaired) electrons. The Kier molecular flexibility index (Phi) is 5.40. The molecular formula is C20H25N3O4. The first-order valence-electron chi connectivity index (χ1n) is 9.56. The molecule has 0 aliphatic carbocycles. The summed E-state index contributed by atoms with van der Waals surface area (Å²) in [5.74, 6) is 0.228. The molecule has 7 heteroatoms. The Hall–Kier alpha value is -2.38. The summed E-state index contributed by atoms with van der Waals surface area (Å²) in [6.07, 6.45) is 5.55. The van der Waals surface area contributed by atoms with Crippen molar-refractivity contribution in [3.8, 4) is 5.75 Å². The van der Waals surface area contributed by atoms with Crippen LogP contribution in [0.15, 0.2) is 36.4 Å². The third kappa shape index (κ3) is 3.99. The summed E-state index contributed by atoms with van der Waals surface area (Å²) in [4.78, 5) is 27.6. The number of hydrogen-bond acceptors (Lipinski definition) is 5. The van der Waals surface area contributed by atoms with Crippen molar-refractivity contribution in [2.75, 3.05) is 32.8 Å². The predicted molar refractivity (Wildman–Crippen MR) is 99.7 cm³/mol. The van der Waals surface area contributed by atoms with Crippen LogP contribution in [0.5, 0.6) is 5.75 Å². The molecule has 4 rings (SSSR count). The fraction of sp³-hybridized carbons (Fsp3) is 0.500. The highest BCUT2D eigenvalue weighted by atomic mass is 16.5. The average Bonchev–Trinajstić information content (AvgIpc) is 2.72. The summed E-state index contributed by atoms with van der Waals surface area (Å²) >= 11 is 0. The van der Waals surface area contributed by atoms with Crippen molar-refractivity contribution in [1.29, 1.82) is 0 Å². The van der Waals surface area contributed by atoms with Crippen LogP contribution in [0, 0.1) is 0 Å². The minimum atomic E-state index is -0.550. The maximum Gasteiger partial charge on any atom is 0.258 e. The van der Waals surface area contributed by atoms with Gasteiger partial charge in [0.05, 0.1) is 24.4 Å². The Balaban J connectivity index is 1.64. The van der Waals surface area contributed by atoms with E-state index >= 15 is 0 Å². The van der Waals surface area contributed by atoms with Gasteiger partial charge in [-0.15, -0.1) is 0 Å². The second-order valence-electron chi connectivity index (χ2n) is 7.06. The van der Waals surface area contributed by atoms with E-state index in [4.69, 9.17) is 9.47 Å². The van der Waals surface area contributed by atoms with Crippen LogP contribution in [-0.4, -0.2) is 67.7 Å². The Morgan fingerprint density at radius 3 is 2.96 bits per heavy atom. The van der Waals surface area contributed by atoms with E-state index in [1.165, 1.54) is 0 Å². The summed E-state index contributed by atoms with van der Waals surface area (Å²) in [6.45, 7) is 2.46. The van der Waals surface area contributed by atoms with E-state index in [2.05, 4.69) is 16.7 Å². The number of carbonyl (C=O) groups is 2. The maximum atomic E-state index is 13.2. The normalized spacial score (nSPS) is 29.0. The molecular weight excluding hydrogens is 346 g/mol. The number of ether oxygens (including phenoxy) is 2. The van der Waals surface area contributed by atoms with Crippen LogP contribution < -0.4 is 15.4 Å². The molecule has 3 atom stereocenters. The van der Waals surface area contributed by atoms with Crippen molar-refractivity contribution in [3.63, 3.8) is 0 Å². The average molecular weight is 371 g/mol. The summed E-state index contributed by atoms with van der Waals surface area (Å²) < 4.78 is 12.0. The van der Waals surface area contributed by atoms with Crippen LogP contribution >= 0.6 is 0 Å². The molecule has 1 aromatic rings. The number of fused-ring (bicyclic) bond motifs is 4. The molecule has 3 heterocycles. The smallest absolute Gasteiger partial charge is 0.258 e. The maximum absolute atomic E-state index is 13.2. The number of carbonyl (C=O) groups excluding carboxylic acids is 2. The SMILES string of the molecule is O=C1NC[C@@H]2C=CC[C@@H](CCOc3ccccc3C(=O)N3CCNC[C@@H]13)O2. The summed E-state index contributed by atoms with van der Waals surface area (Å²) in [7, 11) is 0. The van der Waals surface area contributed by atoms with Gasteiger partial charge in [0.15, 0.2) is 0 Å². The summed E-state index contributed by atoms with van der Waals surface area (Å²) in [5.41, 5.74) is 0.497. The largest absolute Gasteiger partial charge is 0.493 e. The molecule has 2 N–H and O–H groups in total. The van der Waals surface area contributed by atoms with Crippen LogP contribution in [0.4, 0.5) is 0 Å². The number of para-hydroxylation sites is 1. The molecule has 0 unspecified atom stereocenters. The molecule has 3 aliphatic heterocycles. The first-order chi connectivity index (χ1) is 13.2. The third-order valence-electron chi connectivity index (χ3n) is 5.22. The van der Waals surface area contributed by atoms with E-state index in [-0.39, 0.29) is 24.0 Å². The quantitative estimate of drug-likeness (QED) is 0.657. The molecule has 0 spiro atoms. The molecule has 1 fully saturated rings. The zero-order chi connectivity index (χ0) is 18.6. The van der Waals surface area contributed by atoms with Crippen LogP contribution in [-0.2, 0) is 9.53 Å². The van der Waals surface area contributed by atoms with Crippen molar-refractivity contribution in [2.45, 2.75) is 31.1 Å². The number of piperazine rings is 1. The van der Waals surface area contributed by atoms with Crippen molar-refractivity contribution < 1.29 is 19.1 Å². The molecule has 2 bridgehead atoms. The number of benzene rings is 1. The van der Waals surface area contributed by atoms with Gasteiger partial charge >= 0.3 is 0 Å².